The molecule has 1 saturated heterocycles. The molecule has 4 nitrogen and oxygen atoms in total. The Labute approximate surface area is 161 Å². The van der Waals surface area contributed by atoms with Crippen molar-refractivity contribution in [1.82, 2.24) is 9.62 Å². The molecule has 0 radical (unpaired) electrons. The lowest BCUT2D eigenvalue weighted by Gasteiger charge is -2.34. The normalized spacial score (nSPS) is 22.2. The van der Waals surface area contributed by atoms with Gasteiger partial charge in [-0.2, -0.15) is 0 Å². The molecule has 1 N–H and O–H groups in total. The molecule has 0 spiro atoms. The van der Waals surface area contributed by atoms with Crippen LogP contribution in [0.25, 0.3) is 0 Å². The molecule has 1 aromatic rings. The minimum absolute atomic E-state index is 0.0783. The molecule has 1 fully saturated rings. The third kappa shape index (κ3) is 7.43. The van der Waals surface area contributed by atoms with Crippen LogP contribution in [0.1, 0.15) is 38.7 Å². The first-order valence-electron chi connectivity index (χ1n) is 8.89. The van der Waals surface area contributed by atoms with Gasteiger partial charge in [-0.05, 0) is 55.3 Å². The van der Waals surface area contributed by atoms with E-state index in [1.807, 2.05) is 0 Å². The zero-order valence-electron chi connectivity index (χ0n) is 15.0. The van der Waals surface area contributed by atoms with E-state index in [9.17, 15) is 8.42 Å². The van der Waals surface area contributed by atoms with Crippen molar-refractivity contribution in [3.8, 4) is 0 Å². The molecule has 0 aliphatic carbocycles. The predicted molar refractivity (Wildman–Crippen MR) is 106 cm³/mol. The summed E-state index contributed by atoms with van der Waals surface area (Å²) in [7, 11) is -3.35. The summed E-state index contributed by atoms with van der Waals surface area (Å²) in [5.41, 5.74) is 0.637. The van der Waals surface area contributed by atoms with Gasteiger partial charge < -0.3 is 4.90 Å². The van der Waals surface area contributed by atoms with Crippen molar-refractivity contribution in [2.75, 3.05) is 26.2 Å². The second kappa shape index (κ2) is 9.56. The molecule has 2 rings (SSSR count). The highest BCUT2D eigenvalue weighted by atomic mass is 35.5. The summed E-state index contributed by atoms with van der Waals surface area (Å²) in [5.74, 6) is 1.44. The summed E-state index contributed by atoms with van der Waals surface area (Å²) in [6, 6.07) is 4.91. The van der Waals surface area contributed by atoms with Gasteiger partial charge in [-0.25, -0.2) is 13.1 Å². The van der Waals surface area contributed by atoms with Gasteiger partial charge in [0.2, 0.25) is 10.0 Å². The Morgan fingerprint density at radius 2 is 1.80 bits per heavy atom. The number of sulfonamides is 1. The van der Waals surface area contributed by atoms with Gasteiger partial charge in [0.15, 0.2) is 0 Å². The second-order valence-corrected chi connectivity index (χ2v) is 9.94. The van der Waals surface area contributed by atoms with Gasteiger partial charge in [0.25, 0.3) is 0 Å². The molecule has 2 unspecified atom stereocenters. The van der Waals surface area contributed by atoms with Gasteiger partial charge in [0.05, 0.1) is 15.8 Å². The third-order valence-corrected chi connectivity index (χ3v) is 6.60. The molecule has 0 bridgehead atoms. The van der Waals surface area contributed by atoms with Crippen LogP contribution in [0.15, 0.2) is 18.2 Å². The SMILES string of the molecule is CC1CC(C)CN(CCCCNS(=O)(=O)Cc2ccc(Cl)c(Cl)c2)C1. The number of halogens is 2. The standard InChI is InChI=1S/C18H28Cl2N2O2S/c1-14-9-15(2)12-22(11-14)8-4-3-7-21-25(23,24)13-16-5-6-17(19)18(20)10-16/h5-6,10,14-15,21H,3-4,7-9,11-13H2,1-2H3. The van der Waals surface area contributed by atoms with Gasteiger partial charge >= 0.3 is 0 Å². The molecule has 1 aliphatic rings. The van der Waals surface area contributed by atoms with Gasteiger partial charge in [-0.15, -0.1) is 0 Å². The highest BCUT2D eigenvalue weighted by molar-refractivity contribution is 7.88. The number of hydrogen-bond acceptors (Lipinski definition) is 3. The van der Waals surface area contributed by atoms with Crippen LogP contribution >= 0.6 is 23.2 Å². The largest absolute Gasteiger partial charge is 0.303 e. The van der Waals surface area contributed by atoms with Crippen LogP contribution < -0.4 is 4.72 Å². The fourth-order valence-corrected chi connectivity index (χ4v) is 5.06. The zero-order valence-corrected chi connectivity index (χ0v) is 17.3. The fraction of sp³-hybridized carbons (Fsp3) is 0.667. The van der Waals surface area contributed by atoms with E-state index < -0.39 is 10.0 Å². The Hall–Kier alpha value is -0.330. The average Bonchev–Trinajstić information content (AvgIpc) is 2.49. The highest BCUT2D eigenvalue weighted by Gasteiger charge is 2.21. The summed E-state index contributed by atoms with van der Waals surface area (Å²) in [6.45, 7) is 8.45. The Morgan fingerprint density at radius 3 is 2.44 bits per heavy atom. The van der Waals surface area contributed by atoms with Crippen LogP contribution in [0.4, 0.5) is 0 Å². The molecule has 2 atom stereocenters. The van der Waals surface area contributed by atoms with Crippen LogP contribution in [0, 0.1) is 11.8 Å². The lowest BCUT2D eigenvalue weighted by Crippen LogP contribution is -2.39. The molecule has 0 aromatic heterocycles. The number of nitrogens with one attached hydrogen (secondary N) is 1. The maximum atomic E-state index is 12.1. The molecular formula is C18H28Cl2N2O2S. The summed E-state index contributed by atoms with van der Waals surface area (Å²) >= 11 is 11.8. The third-order valence-electron chi connectivity index (χ3n) is 4.51. The van der Waals surface area contributed by atoms with Crippen LogP contribution in [0.3, 0.4) is 0 Å². The molecule has 7 heteroatoms. The van der Waals surface area contributed by atoms with Gasteiger partial charge in [-0.3, -0.25) is 0 Å². The van der Waals surface area contributed by atoms with Gasteiger partial charge in [0, 0.05) is 19.6 Å². The molecule has 1 heterocycles. The second-order valence-electron chi connectivity index (χ2n) is 7.31. The van der Waals surface area contributed by atoms with E-state index >= 15 is 0 Å². The Kier molecular flexibility index (Phi) is 8.02. The van der Waals surface area contributed by atoms with E-state index in [4.69, 9.17) is 23.2 Å². The number of benzene rings is 1. The first kappa shape index (κ1) is 21.0. The Bertz CT molecular complexity index is 657. The Balaban J connectivity index is 1.68. The molecule has 25 heavy (non-hydrogen) atoms. The molecule has 1 aliphatic heterocycles. The predicted octanol–water partition coefficient (Wildman–Crippen LogP) is 4.17. The van der Waals surface area contributed by atoms with E-state index in [0.717, 1.165) is 44.3 Å². The van der Waals surface area contributed by atoms with E-state index in [0.29, 0.717) is 22.2 Å². The van der Waals surface area contributed by atoms with Crippen molar-refractivity contribution in [2.45, 2.75) is 38.9 Å². The first-order valence-corrected chi connectivity index (χ1v) is 11.3. The average molecular weight is 407 g/mol. The number of piperidine rings is 1. The van der Waals surface area contributed by atoms with Crippen LogP contribution in [0.2, 0.25) is 10.0 Å². The maximum absolute atomic E-state index is 12.1. The number of hydrogen-bond donors (Lipinski definition) is 1. The molecule has 0 saturated carbocycles. The topological polar surface area (TPSA) is 49.4 Å². The summed E-state index contributed by atoms with van der Waals surface area (Å²) in [6.07, 6.45) is 3.17. The fourth-order valence-electron chi connectivity index (χ4n) is 3.56. The summed E-state index contributed by atoms with van der Waals surface area (Å²) < 4.78 is 27.0. The Morgan fingerprint density at radius 1 is 1.12 bits per heavy atom. The van der Waals surface area contributed by atoms with Crippen molar-refractivity contribution in [3.63, 3.8) is 0 Å². The minimum Gasteiger partial charge on any atom is -0.303 e. The summed E-state index contributed by atoms with van der Waals surface area (Å²) in [4.78, 5) is 2.50. The lowest BCUT2D eigenvalue weighted by molar-refractivity contribution is 0.139. The lowest BCUT2D eigenvalue weighted by atomic mass is 9.92. The number of nitrogens with zero attached hydrogens (tertiary/aromatic N) is 1. The minimum atomic E-state index is -3.35. The van der Waals surface area contributed by atoms with Crippen molar-refractivity contribution in [1.29, 1.82) is 0 Å². The van der Waals surface area contributed by atoms with Crippen molar-refractivity contribution >= 4 is 33.2 Å². The van der Waals surface area contributed by atoms with Gasteiger partial charge in [-0.1, -0.05) is 43.1 Å². The van der Waals surface area contributed by atoms with Crippen LogP contribution in [-0.4, -0.2) is 39.5 Å². The smallest absolute Gasteiger partial charge is 0.215 e. The van der Waals surface area contributed by atoms with E-state index in [-0.39, 0.29) is 5.75 Å². The molecular weight excluding hydrogens is 379 g/mol. The van der Waals surface area contributed by atoms with E-state index in [2.05, 4.69) is 23.5 Å². The first-order chi connectivity index (χ1) is 11.7. The molecule has 0 amide bonds. The van der Waals surface area contributed by atoms with Gasteiger partial charge in [0.1, 0.15) is 0 Å². The quantitative estimate of drug-likeness (QED) is 0.658. The van der Waals surface area contributed by atoms with E-state index in [1.165, 1.54) is 6.42 Å². The van der Waals surface area contributed by atoms with Crippen LogP contribution in [0.5, 0.6) is 0 Å². The zero-order chi connectivity index (χ0) is 18.4. The monoisotopic (exact) mass is 406 g/mol. The number of likely N-dealkylation sites (tertiary alicyclic amines) is 1. The van der Waals surface area contributed by atoms with Crippen molar-refractivity contribution < 1.29 is 8.42 Å². The molecule has 1 aromatic carbocycles. The molecule has 142 valence electrons. The highest BCUT2D eigenvalue weighted by Crippen LogP contribution is 2.23. The summed E-state index contributed by atoms with van der Waals surface area (Å²) in [5, 5.41) is 0.802. The number of rotatable bonds is 8. The number of unbranched alkanes of at least 4 members (excludes halogenated alkanes) is 1. The van der Waals surface area contributed by atoms with Crippen molar-refractivity contribution in [3.05, 3.63) is 33.8 Å². The van der Waals surface area contributed by atoms with E-state index in [1.54, 1.807) is 18.2 Å². The van der Waals surface area contributed by atoms with Crippen LogP contribution in [-0.2, 0) is 15.8 Å². The maximum Gasteiger partial charge on any atom is 0.215 e. The van der Waals surface area contributed by atoms with Crippen molar-refractivity contribution in [2.24, 2.45) is 11.8 Å².